The number of aliphatic carboxylic acids is 1. The van der Waals surface area contributed by atoms with E-state index in [1.807, 2.05) is 0 Å². The second-order valence-electron chi connectivity index (χ2n) is 4.42. The largest absolute Gasteiger partial charge is 0.479 e. The molecular formula is C15H14ClNO6. The number of ether oxygens (including phenoxy) is 2. The van der Waals surface area contributed by atoms with Crippen molar-refractivity contribution in [3.63, 3.8) is 0 Å². The number of nitro benzene ring substituents is 1. The molecular weight excluding hydrogens is 326 g/mol. The number of hydrogen-bond donors (Lipinski definition) is 1. The lowest BCUT2D eigenvalue weighted by molar-refractivity contribution is -0.384. The number of nitrogens with zero attached hydrogens (tertiary/aromatic N) is 1. The number of halogens is 1. The lowest BCUT2D eigenvalue weighted by Gasteiger charge is -2.11. The molecule has 0 aliphatic rings. The molecule has 0 bridgehead atoms. The predicted octanol–water partition coefficient (Wildman–Crippen LogP) is 3.66. The highest BCUT2D eigenvalue weighted by Gasteiger charge is 2.12. The molecule has 122 valence electrons. The number of hydrogen-bond acceptors (Lipinski definition) is 5. The molecule has 0 fully saturated rings. The van der Waals surface area contributed by atoms with Crippen molar-refractivity contribution in [2.75, 3.05) is 0 Å². The first-order valence-corrected chi connectivity index (χ1v) is 6.37. The Balaban J connectivity index is 0.00000264. The zero-order chi connectivity index (χ0) is 16.1. The summed E-state index contributed by atoms with van der Waals surface area (Å²) in [6.45, 7) is 1.43. The first-order chi connectivity index (χ1) is 10.5. The maximum atomic E-state index is 10.7. The third-order valence-corrected chi connectivity index (χ3v) is 2.77. The Bertz CT molecular complexity index is 671. The zero-order valence-corrected chi connectivity index (χ0v) is 12.9. The van der Waals surface area contributed by atoms with Crippen molar-refractivity contribution in [2.24, 2.45) is 0 Å². The SMILES string of the molecule is CC(Oc1ccc(Oc2ccc([N+](=O)[O-])cc2)cc1)C(=O)O.Cl. The van der Waals surface area contributed by atoms with Crippen LogP contribution >= 0.6 is 12.4 Å². The van der Waals surface area contributed by atoms with Crippen LogP contribution in [0.15, 0.2) is 48.5 Å². The summed E-state index contributed by atoms with van der Waals surface area (Å²) in [7, 11) is 0. The summed E-state index contributed by atoms with van der Waals surface area (Å²) in [6.07, 6.45) is -0.943. The smallest absolute Gasteiger partial charge is 0.344 e. The van der Waals surface area contributed by atoms with Gasteiger partial charge in [-0.3, -0.25) is 10.1 Å². The number of carbonyl (C=O) groups is 1. The molecule has 0 aliphatic heterocycles. The molecule has 8 heteroatoms. The molecule has 23 heavy (non-hydrogen) atoms. The van der Waals surface area contributed by atoms with Gasteiger partial charge in [-0.05, 0) is 43.3 Å². The van der Waals surface area contributed by atoms with Gasteiger partial charge in [0.05, 0.1) is 4.92 Å². The van der Waals surface area contributed by atoms with E-state index in [1.165, 1.54) is 31.2 Å². The summed E-state index contributed by atoms with van der Waals surface area (Å²) in [4.78, 5) is 20.8. The number of non-ortho nitro benzene ring substituents is 1. The van der Waals surface area contributed by atoms with Crippen LogP contribution in [-0.4, -0.2) is 22.1 Å². The van der Waals surface area contributed by atoms with Crippen LogP contribution in [0, 0.1) is 10.1 Å². The van der Waals surface area contributed by atoms with E-state index < -0.39 is 17.0 Å². The van der Waals surface area contributed by atoms with Gasteiger partial charge in [-0.25, -0.2) is 4.79 Å². The first-order valence-electron chi connectivity index (χ1n) is 6.37. The van der Waals surface area contributed by atoms with Crippen LogP contribution in [0.2, 0.25) is 0 Å². The number of carboxylic acids is 1. The fourth-order valence-corrected chi connectivity index (χ4v) is 1.61. The third kappa shape index (κ3) is 5.15. The highest BCUT2D eigenvalue weighted by atomic mass is 35.5. The summed E-state index contributed by atoms with van der Waals surface area (Å²) in [6, 6.07) is 12.1. The maximum Gasteiger partial charge on any atom is 0.344 e. The highest BCUT2D eigenvalue weighted by Crippen LogP contribution is 2.25. The van der Waals surface area contributed by atoms with Crippen LogP contribution in [0.3, 0.4) is 0 Å². The standard InChI is InChI=1S/C15H13NO6.ClH/c1-10(15(17)18)21-12-6-8-14(9-7-12)22-13-4-2-11(3-5-13)16(19)20;/h2-10H,1H3,(H,17,18);1H. The molecule has 0 heterocycles. The van der Waals surface area contributed by atoms with Gasteiger partial charge >= 0.3 is 5.97 Å². The van der Waals surface area contributed by atoms with Crippen LogP contribution in [0.4, 0.5) is 5.69 Å². The Morgan fingerprint density at radius 2 is 1.48 bits per heavy atom. The second kappa shape index (κ2) is 8.00. The van der Waals surface area contributed by atoms with E-state index in [4.69, 9.17) is 14.6 Å². The minimum atomic E-state index is -1.05. The van der Waals surface area contributed by atoms with Crippen LogP contribution in [-0.2, 0) is 4.79 Å². The molecule has 2 aromatic rings. The molecule has 7 nitrogen and oxygen atoms in total. The van der Waals surface area contributed by atoms with Crippen LogP contribution < -0.4 is 9.47 Å². The molecule has 1 N–H and O–H groups in total. The van der Waals surface area contributed by atoms with Crippen molar-refractivity contribution in [1.82, 2.24) is 0 Å². The van der Waals surface area contributed by atoms with Crippen molar-refractivity contribution in [3.05, 3.63) is 58.6 Å². The van der Waals surface area contributed by atoms with E-state index in [9.17, 15) is 14.9 Å². The second-order valence-corrected chi connectivity index (χ2v) is 4.42. The summed E-state index contributed by atoms with van der Waals surface area (Å²) in [5, 5.41) is 19.3. The lowest BCUT2D eigenvalue weighted by Crippen LogP contribution is -2.22. The maximum absolute atomic E-state index is 10.7. The molecule has 1 atom stereocenters. The first kappa shape index (κ1) is 18.2. The van der Waals surface area contributed by atoms with Crippen molar-refractivity contribution < 1.29 is 24.3 Å². The van der Waals surface area contributed by atoms with Gasteiger partial charge in [-0.1, -0.05) is 0 Å². The molecule has 0 saturated heterocycles. The Morgan fingerprint density at radius 3 is 1.91 bits per heavy atom. The van der Waals surface area contributed by atoms with Gasteiger partial charge in [0.2, 0.25) is 0 Å². The average Bonchev–Trinajstić information content (AvgIpc) is 2.49. The van der Waals surface area contributed by atoms with Crippen molar-refractivity contribution in [3.8, 4) is 17.2 Å². The van der Waals surface area contributed by atoms with Gasteiger partial charge < -0.3 is 14.6 Å². The fourth-order valence-electron chi connectivity index (χ4n) is 1.61. The molecule has 0 amide bonds. The highest BCUT2D eigenvalue weighted by molar-refractivity contribution is 5.85. The molecule has 0 aromatic heterocycles. The summed E-state index contributed by atoms with van der Waals surface area (Å²) >= 11 is 0. The molecule has 0 saturated carbocycles. The monoisotopic (exact) mass is 339 g/mol. The number of carboxylic acid groups (broad SMARTS) is 1. The molecule has 0 radical (unpaired) electrons. The van der Waals surface area contributed by atoms with Crippen molar-refractivity contribution in [2.45, 2.75) is 13.0 Å². The fraction of sp³-hybridized carbons (Fsp3) is 0.133. The van der Waals surface area contributed by atoms with E-state index in [-0.39, 0.29) is 18.1 Å². The average molecular weight is 340 g/mol. The van der Waals surface area contributed by atoms with Crippen molar-refractivity contribution in [1.29, 1.82) is 0 Å². The minimum absolute atomic E-state index is 0. The van der Waals surface area contributed by atoms with Crippen LogP contribution in [0.5, 0.6) is 17.2 Å². The normalized spacial score (nSPS) is 11.0. The van der Waals surface area contributed by atoms with E-state index in [0.29, 0.717) is 17.2 Å². The van der Waals surface area contributed by atoms with E-state index in [2.05, 4.69) is 0 Å². The van der Waals surface area contributed by atoms with Crippen LogP contribution in [0.1, 0.15) is 6.92 Å². The van der Waals surface area contributed by atoms with Gasteiger partial charge in [0, 0.05) is 12.1 Å². The predicted molar refractivity (Wildman–Crippen MR) is 84.6 cm³/mol. The summed E-state index contributed by atoms with van der Waals surface area (Å²) in [5.74, 6) is 0.319. The number of rotatable bonds is 6. The topological polar surface area (TPSA) is 98.9 Å². The summed E-state index contributed by atoms with van der Waals surface area (Å²) < 4.78 is 10.7. The van der Waals surface area contributed by atoms with Gasteiger partial charge in [0.25, 0.3) is 5.69 Å². The van der Waals surface area contributed by atoms with E-state index >= 15 is 0 Å². The van der Waals surface area contributed by atoms with Gasteiger partial charge in [-0.2, -0.15) is 0 Å². The van der Waals surface area contributed by atoms with Gasteiger partial charge in [0.1, 0.15) is 17.2 Å². The van der Waals surface area contributed by atoms with E-state index in [1.54, 1.807) is 24.3 Å². The van der Waals surface area contributed by atoms with Gasteiger partial charge in [0.15, 0.2) is 6.10 Å². The Morgan fingerprint density at radius 1 is 1.04 bits per heavy atom. The Labute approximate surface area is 138 Å². The molecule has 1 unspecified atom stereocenters. The van der Waals surface area contributed by atoms with Gasteiger partial charge in [-0.15, -0.1) is 12.4 Å². The lowest BCUT2D eigenvalue weighted by atomic mass is 10.3. The zero-order valence-electron chi connectivity index (χ0n) is 12.0. The van der Waals surface area contributed by atoms with Crippen LogP contribution in [0.25, 0.3) is 0 Å². The molecule has 2 rings (SSSR count). The molecule has 0 aliphatic carbocycles. The Kier molecular flexibility index (Phi) is 6.35. The van der Waals surface area contributed by atoms with Crippen molar-refractivity contribution >= 4 is 24.1 Å². The number of nitro groups is 1. The molecule has 0 spiro atoms. The van der Waals surface area contributed by atoms with E-state index in [0.717, 1.165) is 0 Å². The minimum Gasteiger partial charge on any atom is -0.479 e. The summed E-state index contributed by atoms with van der Waals surface area (Å²) in [5.41, 5.74) is -0.0150. The number of benzene rings is 2. The third-order valence-electron chi connectivity index (χ3n) is 2.77. The quantitative estimate of drug-likeness (QED) is 0.637. The molecule has 2 aromatic carbocycles. The Hall–Kier alpha value is -2.80.